The number of amides is 1. The molecule has 2 aromatic rings. The van der Waals surface area contributed by atoms with Crippen LogP contribution in [0.1, 0.15) is 30.6 Å². The van der Waals surface area contributed by atoms with Crippen molar-refractivity contribution >= 4 is 23.4 Å². The molecule has 2 heterocycles. The number of halogens is 2. The highest BCUT2D eigenvalue weighted by molar-refractivity contribution is 7.99. The summed E-state index contributed by atoms with van der Waals surface area (Å²) in [7, 11) is 0. The molecule has 0 spiro atoms. The van der Waals surface area contributed by atoms with E-state index in [4.69, 9.17) is 0 Å². The molecule has 0 radical (unpaired) electrons. The van der Waals surface area contributed by atoms with Crippen LogP contribution in [0.15, 0.2) is 5.16 Å². The summed E-state index contributed by atoms with van der Waals surface area (Å²) in [5.41, 5.74) is 2.45. The highest BCUT2D eigenvalue weighted by atomic mass is 32.2. The van der Waals surface area contributed by atoms with E-state index in [1.807, 2.05) is 0 Å². The molecule has 0 saturated carbocycles. The maximum absolute atomic E-state index is 13.0. The first-order chi connectivity index (χ1) is 11.8. The van der Waals surface area contributed by atoms with Crippen molar-refractivity contribution in [2.75, 3.05) is 11.2 Å². The van der Waals surface area contributed by atoms with Gasteiger partial charge < -0.3 is 0 Å². The summed E-state index contributed by atoms with van der Waals surface area (Å²) in [6.45, 7) is 4.32. The van der Waals surface area contributed by atoms with Crippen LogP contribution in [0.3, 0.4) is 0 Å². The van der Waals surface area contributed by atoms with E-state index in [0.717, 1.165) is 21.1 Å². The zero-order valence-corrected chi connectivity index (χ0v) is 14.4. The lowest BCUT2D eigenvalue weighted by molar-refractivity contribution is -0.386. The molecule has 2 aromatic heterocycles. The van der Waals surface area contributed by atoms with Crippen molar-refractivity contribution in [2.24, 2.45) is 0 Å². The van der Waals surface area contributed by atoms with Crippen LogP contribution in [0.4, 0.5) is 14.5 Å². The van der Waals surface area contributed by atoms with Gasteiger partial charge in [-0.15, -0.1) is 10.2 Å². The molecule has 0 aliphatic carbocycles. The number of hydrogen-bond donors (Lipinski definition) is 1. The average molecular weight is 375 g/mol. The zero-order chi connectivity index (χ0) is 18.7. The van der Waals surface area contributed by atoms with E-state index in [0.29, 0.717) is 5.75 Å². The van der Waals surface area contributed by atoms with E-state index in [1.54, 1.807) is 6.92 Å². The number of carbonyl (C=O) groups is 1. The molecule has 0 fully saturated rings. The number of nitrogens with one attached hydrogen (secondary N) is 1. The van der Waals surface area contributed by atoms with Gasteiger partial charge in [0.05, 0.1) is 4.92 Å². The highest BCUT2D eigenvalue weighted by Crippen LogP contribution is 2.23. The van der Waals surface area contributed by atoms with Crippen molar-refractivity contribution < 1.29 is 18.5 Å². The fraction of sp³-hybridized carbons (Fsp3) is 0.500. The summed E-state index contributed by atoms with van der Waals surface area (Å²) in [6, 6.07) is 0. The molecule has 25 heavy (non-hydrogen) atoms. The van der Waals surface area contributed by atoms with E-state index >= 15 is 0 Å². The molecule has 2 rings (SSSR count). The number of aryl methyl sites for hydroxylation is 1. The monoisotopic (exact) mass is 375 g/mol. The number of rotatable bonds is 7. The number of thioether (sulfide) groups is 1. The maximum atomic E-state index is 13.0. The van der Waals surface area contributed by atoms with Gasteiger partial charge in [0.2, 0.25) is 11.0 Å². The third-order valence-electron chi connectivity index (χ3n) is 3.18. The van der Waals surface area contributed by atoms with E-state index < -0.39 is 23.1 Å². The van der Waals surface area contributed by atoms with Crippen molar-refractivity contribution in [1.82, 2.24) is 24.7 Å². The average Bonchev–Trinajstić information content (AvgIpc) is 3.01. The summed E-state index contributed by atoms with van der Waals surface area (Å²) in [4.78, 5) is 22.6. The van der Waals surface area contributed by atoms with Crippen LogP contribution in [0, 0.1) is 24.0 Å². The third kappa shape index (κ3) is 3.92. The lowest BCUT2D eigenvalue weighted by Gasteiger charge is -2.11. The second-order valence-corrected chi connectivity index (χ2v) is 6.11. The predicted octanol–water partition coefficient (Wildman–Crippen LogP) is 1.82. The molecule has 10 nitrogen and oxygen atoms in total. The maximum Gasteiger partial charge on any atom is 0.312 e. The summed E-state index contributed by atoms with van der Waals surface area (Å²) in [5, 5.41) is 22.0. The molecule has 1 N–H and O–H groups in total. The number of alkyl halides is 2. The van der Waals surface area contributed by atoms with Crippen LogP contribution in [0.5, 0.6) is 0 Å². The van der Waals surface area contributed by atoms with E-state index in [9.17, 15) is 23.7 Å². The standard InChI is InChI=1S/C12H15F2N7O3S/c1-4-25-12-16-15-11(10(13)14)20(12)18-8(22)5-19-7(3)9(21(23)24)6(2)17-19/h10H,4-5H2,1-3H3,(H,18,22). The van der Waals surface area contributed by atoms with Crippen LogP contribution in [0.25, 0.3) is 0 Å². The Morgan fingerprint density at radius 3 is 2.60 bits per heavy atom. The Kier molecular flexibility index (Phi) is 5.66. The smallest absolute Gasteiger partial charge is 0.271 e. The largest absolute Gasteiger partial charge is 0.312 e. The Bertz CT molecular complexity index is 805. The van der Waals surface area contributed by atoms with Crippen LogP contribution in [-0.2, 0) is 11.3 Å². The molecule has 0 bridgehead atoms. The number of nitrogens with zero attached hydrogens (tertiary/aromatic N) is 6. The van der Waals surface area contributed by atoms with E-state index in [-0.39, 0.29) is 28.8 Å². The Hall–Kier alpha value is -2.57. The molecule has 13 heteroatoms. The number of aromatic nitrogens is 5. The number of nitro groups is 1. The van der Waals surface area contributed by atoms with Crippen LogP contribution in [0.2, 0.25) is 0 Å². The first-order valence-electron chi connectivity index (χ1n) is 7.10. The van der Waals surface area contributed by atoms with Crippen molar-refractivity contribution in [3.63, 3.8) is 0 Å². The van der Waals surface area contributed by atoms with Gasteiger partial charge in [0, 0.05) is 0 Å². The van der Waals surface area contributed by atoms with Gasteiger partial charge in [-0.2, -0.15) is 5.10 Å². The van der Waals surface area contributed by atoms with Gasteiger partial charge in [-0.05, 0) is 19.6 Å². The predicted molar refractivity (Wildman–Crippen MR) is 84.1 cm³/mol. The molecule has 0 aromatic carbocycles. The van der Waals surface area contributed by atoms with Gasteiger partial charge in [-0.3, -0.25) is 25.0 Å². The normalized spacial score (nSPS) is 11.1. The lowest BCUT2D eigenvalue weighted by Crippen LogP contribution is -2.29. The lowest BCUT2D eigenvalue weighted by atomic mass is 10.3. The second kappa shape index (κ2) is 7.55. The number of hydrogen-bond acceptors (Lipinski definition) is 7. The summed E-state index contributed by atoms with van der Waals surface area (Å²) >= 11 is 1.13. The molecule has 0 saturated heterocycles. The molecular formula is C12H15F2N7O3S. The second-order valence-electron chi connectivity index (χ2n) is 4.88. The quantitative estimate of drug-likeness (QED) is 0.445. The van der Waals surface area contributed by atoms with Gasteiger partial charge in [0.25, 0.3) is 12.3 Å². The fourth-order valence-electron chi connectivity index (χ4n) is 2.15. The van der Waals surface area contributed by atoms with Gasteiger partial charge in [-0.1, -0.05) is 18.7 Å². The van der Waals surface area contributed by atoms with Crippen molar-refractivity contribution in [3.05, 3.63) is 27.3 Å². The summed E-state index contributed by atoms with van der Waals surface area (Å²) < 4.78 is 27.9. The summed E-state index contributed by atoms with van der Waals surface area (Å²) in [6.07, 6.45) is -2.92. The molecule has 0 aliphatic rings. The minimum Gasteiger partial charge on any atom is -0.271 e. The molecule has 136 valence electrons. The zero-order valence-electron chi connectivity index (χ0n) is 13.6. The number of carbonyl (C=O) groups excluding carboxylic acids is 1. The SMILES string of the molecule is CCSc1nnc(C(F)F)n1NC(=O)Cn1nc(C)c([N+](=O)[O-])c1C. The Labute approximate surface area is 144 Å². The molecule has 0 aliphatic heterocycles. The Morgan fingerprint density at radius 1 is 1.40 bits per heavy atom. The van der Waals surface area contributed by atoms with Gasteiger partial charge in [0.1, 0.15) is 17.9 Å². The minimum atomic E-state index is -2.92. The van der Waals surface area contributed by atoms with Gasteiger partial charge >= 0.3 is 5.69 Å². The van der Waals surface area contributed by atoms with Gasteiger partial charge in [0.15, 0.2) is 0 Å². The minimum absolute atomic E-state index is 0.116. The Balaban J connectivity index is 2.23. The van der Waals surface area contributed by atoms with E-state index in [2.05, 4.69) is 20.7 Å². The van der Waals surface area contributed by atoms with Crippen molar-refractivity contribution in [3.8, 4) is 0 Å². The van der Waals surface area contributed by atoms with Crippen molar-refractivity contribution in [2.45, 2.75) is 38.9 Å². The Morgan fingerprint density at radius 2 is 2.08 bits per heavy atom. The fourth-order valence-corrected chi connectivity index (χ4v) is 2.78. The van der Waals surface area contributed by atoms with Crippen molar-refractivity contribution in [1.29, 1.82) is 0 Å². The molecular weight excluding hydrogens is 360 g/mol. The molecule has 1 amide bonds. The van der Waals surface area contributed by atoms with Crippen LogP contribution < -0.4 is 5.43 Å². The van der Waals surface area contributed by atoms with Crippen LogP contribution in [-0.4, -0.2) is 41.2 Å². The molecule has 0 atom stereocenters. The van der Waals surface area contributed by atoms with Crippen LogP contribution >= 0.6 is 11.8 Å². The third-order valence-corrected chi connectivity index (χ3v) is 3.99. The van der Waals surface area contributed by atoms with Gasteiger partial charge in [-0.25, -0.2) is 13.5 Å². The topological polar surface area (TPSA) is 121 Å². The van der Waals surface area contributed by atoms with E-state index in [1.165, 1.54) is 13.8 Å². The molecule has 0 unspecified atom stereocenters. The highest BCUT2D eigenvalue weighted by Gasteiger charge is 2.25. The first-order valence-corrected chi connectivity index (χ1v) is 8.09. The first kappa shape index (κ1) is 18.8. The summed E-state index contributed by atoms with van der Waals surface area (Å²) in [5.74, 6) is -0.843.